The number of carbonyl (C=O) groups is 3. The minimum atomic E-state index is -0.600. The Morgan fingerprint density at radius 3 is 2.42 bits per heavy atom. The number of nitrogens with one attached hydrogen (secondary N) is 1. The minimum absolute atomic E-state index is 0.130. The topological polar surface area (TPSA) is 94.2 Å². The summed E-state index contributed by atoms with van der Waals surface area (Å²) in [4.78, 5) is 38.8. The lowest BCUT2D eigenvalue weighted by atomic mass is 10.1. The monoisotopic (exact) mass is 556 g/mol. The van der Waals surface area contributed by atoms with Gasteiger partial charge in [-0.05, 0) is 77.5 Å². The number of imide groups is 1. The molecule has 3 aromatic rings. The Morgan fingerprint density at radius 1 is 1.05 bits per heavy atom. The first-order valence-electron chi connectivity index (χ1n) is 11.2. The van der Waals surface area contributed by atoms with Crippen LogP contribution in [0.3, 0.4) is 0 Å². The third-order valence-corrected chi connectivity index (χ3v) is 6.58. The van der Waals surface area contributed by atoms with E-state index in [-0.39, 0.29) is 28.1 Å². The van der Waals surface area contributed by atoms with Gasteiger partial charge in [0.2, 0.25) is 5.91 Å². The molecule has 1 saturated heterocycles. The second-order valence-corrected chi connectivity index (χ2v) is 9.39. The van der Waals surface area contributed by atoms with E-state index in [1.165, 1.54) is 32.4 Å². The summed E-state index contributed by atoms with van der Waals surface area (Å²) in [5.41, 5.74) is 1.73. The molecule has 1 N–H and O–H groups in total. The zero-order valence-corrected chi connectivity index (χ0v) is 21.9. The van der Waals surface area contributed by atoms with Gasteiger partial charge in [-0.15, -0.1) is 0 Å². The van der Waals surface area contributed by atoms with Crippen LogP contribution in [0.1, 0.15) is 11.1 Å². The zero-order valence-electron chi connectivity index (χ0n) is 20.3. The Morgan fingerprint density at radius 2 is 1.76 bits per heavy atom. The lowest BCUT2D eigenvalue weighted by Gasteiger charge is -2.14. The molecule has 0 aromatic heterocycles. The van der Waals surface area contributed by atoms with Crippen molar-refractivity contribution in [3.8, 4) is 17.2 Å². The van der Waals surface area contributed by atoms with Crippen LogP contribution in [0.25, 0.3) is 6.08 Å². The van der Waals surface area contributed by atoms with Gasteiger partial charge in [-0.1, -0.05) is 23.7 Å². The Kier molecular flexibility index (Phi) is 8.55. The van der Waals surface area contributed by atoms with Gasteiger partial charge in [0.25, 0.3) is 11.1 Å². The van der Waals surface area contributed by atoms with Crippen LogP contribution in [0.4, 0.5) is 14.9 Å². The predicted molar refractivity (Wildman–Crippen MR) is 143 cm³/mol. The Labute approximate surface area is 227 Å². The van der Waals surface area contributed by atoms with Gasteiger partial charge in [0.15, 0.2) is 11.5 Å². The quantitative estimate of drug-likeness (QED) is 0.335. The van der Waals surface area contributed by atoms with Crippen LogP contribution in [0.5, 0.6) is 17.2 Å². The molecule has 1 aliphatic heterocycles. The van der Waals surface area contributed by atoms with Gasteiger partial charge >= 0.3 is 0 Å². The summed E-state index contributed by atoms with van der Waals surface area (Å²) < 4.78 is 29.4. The highest BCUT2D eigenvalue weighted by atomic mass is 35.5. The fraction of sp³-hybridized carbons (Fsp3) is 0.148. The largest absolute Gasteiger partial charge is 0.497 e. The lowest BCUT2D eigenvalue weighted by molar-refractivity contribution is -0.127. The van der Waals surface area contributed by atoms with E-state index in [1.54, 1.807) is 48.5 Å². The molecule has 1 aliphatic rings. The van der Waals surface area contributed by atoms with E-state index in [2.05, 4.69) is 5.32 Å². The van der Waals surface area contributed by atoms with Crippen molar-refractivity contribution in [1.82, 2.24) is 4.90 Å². The molecule has 0 radical (unpaired) electrons. The fourth-order valence-corrected chi connectivity index (χ4v) is 4.62. The Bertz CT molecular complexity index is 1400. The molecular formula is C27H22ClFN2O6S. The number of hydrogen-bond donors (Lipinski definition) is 1. The molecule has 11 heteroatoms. The van der Waals surface area contributed by atoms with E-state index in [0.717, 1.165) is 22.2 Å². The van der Waals surface area contributed by atoms with Crippen molar-refractivity contribution in [2.75, 3.05) is 26.1 Å². The number of thioether (sulfide) groups is 1. The number of rotatable bonds is 9. The van der Waals surface area contributed by atoms with Gasteiger partial charge in [-0.25, -0.2) is 4.39 Å². The van der Waals surface area contributed by atoms with Crippen LogP contribution >= 0.6 is 23.4 Å². The molecule has 0 saturated carbocycles. The van der Waals surface area contributed by atoms with E-state index < -0.39 is 23.6 Å². The number of nitrogens with zero attached hydrogens (tertiary/aromatic N) is 1. The maximum atomic E-state index is 13.1. The van der Waals surface area contributed by atoms with E-state index in [1.807, 2.05) is 0 Å². The molecule has 0 atom stereocenters. The van der Waals surface area contributed by atoms with Crippen LogP contribution in [-0.2, 0) is 16.2 Å². The zero-order chi connectivity index (χ0) is 27.2. The highest BCUT2D eigenvalue weighted by Crippen LogP contribution is 2.39. The van der Waals surface area contributed by atoms with Crippen molar-refractivity contribution >= 4 is 52.2 Å². The van der Waals surface area contributed by atoms with Gasteiger partial charge in [0.1, 0.15) is 24.7 Å². The summed E-state index contributed by atoms with van der Waals surface area (Å²) in [6.07, 6.45) is 1.49. The number of amides is 3. The summed E-state index contributed by atoms with van der Waals surface area (Å²) in [6.45, 7) is -0.304. The Balaban J connectivity index is 1.44. The van der Waals surface area contributed by atoms with Gasteiger partial charge in [0.05, 0.1) is 24.1 Å². The molecule has 1 fully saturated rings. The molecule has 0 aliphatic carbocycles. The molecule has 8 nitrogen and oxygen atoms in total. The van der Waals surface area contributed by atoms with Crippen molar-refractivity contribution in [3.05, 3.63) is 87.5 Å². The first-order valence-corrected chi connectivity index (χ1v) is 12.4. The highest BCUT2D eigenvalue weighted by molar-refractivity contribution is 8.18. The van der Waals surface area contributed by atoms with Crippen molar-refractivity contribution in [3.63, 3.8) is 0 Å². The van der Waals surface area contributed by atoms with Crippen molar-refractivity contribution < 1.29 is 33.0 Å². The first kappa shape index (κ1) is 27.0. The van der Waals surface area contributed by atoms with Crippen LogP contribution in [-0.4, -0.2) is 42.7 Å². The summed E-state index contributed by atoms with van der Waals surface area (Å²) in [5.74, 6) is -0.259. The number of hydrogen-bond acceptors (Lipinski definition) is 7. The van der Waals surface area contributed by atoms with Crippen LogP contribution < -0.4 is 19.5 Å². The molecular weight excluding hydrogens is 535 g/mol. The summed E-state index contributed by atoms with van der Waals surface area (Å²) in [5, 5.41) is 2.30. The number of methoxy groups -OCH3 is 2. The first-order chi connectivity index (χ1) is 18.3. The third-order valence-electron chi connectivity index (χ3n) is 5.40. The SMILES string of the molecule is COc1ccc(NC(=O)CN2C(=O)S/C(=C/c3cc(Cl)c(OCc4ccc(F)cc4)c(OC)c3)C2=O)cc1. The minimum Gasteiger partial charge on any atom is -0.497 e. The molecule has 0 spiro atoms. The maximum absolute atomic E-state index is 13.1. The average molecular weight is 557 g/mol. The van der Waals surface area contributed by atoms with E-state index in [0.29, 0.717) is 22.7 Å². The predicted octanol–water partition coefficient (Wildman–Crippen LogP) is 5.75. The van der Waals surface area contributed by atoms with E-state index in [9.17, 15) is 18.8 Å². The summed E-state index contributed by atoms with van der Waals surface area (Å²) >= 11 is 7.14. The Hall–Kier alpha value is -4.02. The maximum Gasteiger partial charge on any atom is 0.294 e. The number of benzene rings is 3. The van der Waals surface area contributed by atoms with E-state index in [4.69, 9.17) is 25.8 Å². The molecule has 196 valence electrons. The molecule has 1 heterocycles. The number of anilines is 1. The second kappa shape index (κ2) is 12.0. The van der Waals surface area contributed by atoms with Crippen molar-refractivity contribution in [1.29, 1.82) is 0 Å². The molecule has 0 bridgehead atoms. The average Bonchev–Trinajstić information content (AvgIpc) is 3.16. The molecule has 38 heavy (non-hydrogen) atoms. The molecule has 0 unspecified atom stereocenters. The van der Waals surface area contributed by atoms with Crippen LogP contribution in [0.15, 0.2) is 65.6 Å². The van der Waals surface area contributed by atoms with Gasteiger partial charge in [0, 0.05) is 5.69 Å². The smallest absolute Gasteiger partial charge is 0.294 e. The molecule has 3 aromatic carbocycles. The van der Waals surface area contributed by atoms with Crippen LogP contribution in [0, 0.1) is 5.82 Å². The number of carbonyl (C=O) groups excluding carboxylic acids is 3. The van der Waals surface area contributed by atoms with Gasteiger partial charge < -0.3 is 19.5 Å². The standard InChI is InChI=1S/C27H22ClFN2O6S/c1-35-20-9-7-19(8-10-20)30-24(32)14-31-26(33)23(38-27(31)34)13-17-11-21(28)25(22(12-17)36-2)37-15-16-3-5-18(29)6-4-16/h3-13H,14-15H2,1-2H3,(H,30,32)/b23-13+. The highest BCUT2D eigenvalue weighted by Gasteiger charge is 2.36. The third kappa shape index (κ3) is 6.45. The number of ether oxygens (including phenoxy) is 3. The lowest BCUT2D eigenvalue weighted by Crippen LogP contribution is -2.36. The summed E-state index contributed by atoms with van der Waals surface area (Å²) in [7, 11) is 2.97. The van der Waals surface area contributed by atoms with E-state index >= 15 is 0 Å². The summed E-state index contributed by atoms with van der Waals surface area (Å²) in [6, 6.07) is 15.7. The van der Waals surface area contributed by atoms with Crippen LogP contribution in [0.2, 0.25) is 5.02 Å². The molecule has 3 amide bonds. The fourth-order valence-electron chi connectivity index (χ4n) is 3.51. The molecule has 4 rings (SSSR count). The van der Waals surface area contributed by atoms with Crippen molar-refractivity contribution in [2.45, 2.75) is 6.61 Å². The second-order valence-electron chi connectivity index (χ2n) is 7.99. The van der Waals surface area contributed by atoms with Crippen molar-refractivity contribution in [2.24, 2.45) is 0 Å². The number of halogens is 2. The van der Waals surface area contributed by atoms with Gasteiger partial charge in [-0.2, -0.15) is 0 Å². The van der Waals surface area contributed by atoms with Gasteiger partial charge in [-0.3, -0.25) is 19.3 Å². The normalized spacial score (nSPS) is 14.1.